The molecule has 1 atom stereocenters. The van der Waals surface area contributed by atoms with Gasteiger partial charge in [-0.15, -0.1) is 0 Å². The lowest BCUT2D eigenvalue weighted by Gasteiger charge is -2.08. The highest BCUT2D eigenvalue weighted by Gasteiger charge is 2.11. The Morgan fingerprint density at radius 2 is 1.96 bits per heavy atom. The van der Waals surface area contributed by atoms with E-state index in [0.717, 1.165) is 5.56 Å². The molecule has 0 saturated heterocycles. The maximum Gasteiger partial charge on any atom is 0.227 e. The van der Waals surface area contributed by atoms with Crippen LogP contribution in [-0.4, -0.2) is 34.3 Å². The molecule has 0 aliphatic heterocycles. The smallest absolute Gasteiger partial charge is 0.227 e. The number of benzene rings is 1. The quantitative estimate of drug-likeness (QED) is 0.776. The molecule has 6 heteroatoms. The number of aliphatic hydroxyl groups excluding tert-OH is 1. The zero-order valence-electron chi connectivity index (χ0n) is 14.5. The summed E-state index contributed by atoms with van der Waals surface area (Å²) in [5.41, 5.74) is 2.16. The van der Waals surface area contributed by atoms with Crippen LogP contribution in [0.1, 0.15) is 44.6 Å². The summed E-state index contributed by atoms with van der Waals surface area (Å²) >= 11 is 0. The molecule has 6 nitrogen and oxygen atoms in total. The van der Waals surface area contributed by atoms with Gasteiger partial charge in [-0.25, -0.2) is 0 Å². The molecule has 0 spiro atoms. The summed E-state index contributed by atoms with van der Waals surface area (Å²) in [7, 11) is 0. The van der Waals surface area contributed by atoms with Gasteiger partial charge < -0.3 is 14.9 Å². The third kappa shape index (κ3) is 5.16. The van der Waals surface area contributed by atoms with Gasteiger partial charge in [0.25, 0.3) is 0 Å². The number of carbonyl (C=O) groups excluding carboxylic acids is 1. The topological polar surface area (TPSA) is 88.2 Å². The van der Waals surface area contributed by atoms with Crippen molar-refractivity contribution in [3.8, 4) is 11.4 Å². The predicted octanol–water partition coefficient (Wildman–Crippen LogP) is 2.54. The van der Waals surface area contributed by atoms with E-state index in [9.17, 15) is 4.79 Å². The molecular formula is C18H25N3O3. The van der Waals surface area contributed by atoms with Gasteiger partial charge in [-0.2, -0.15) is 4.98 Å². The van der Waals surface area contributed by atoms with Crippen LogP contribution in [0.2, 0.25) is 0 Å². The Bertz CT molecular complexity index is 650. The number of nitrogens with zero attached hydrogens (tertiary/aromatic N) is 2. The molecule has 2 aromatic rings. The lowest BCUT2D eigenvalue weighted by Crippen LogP contribution is -2.29. The number of carbonyl (C=O) groups is 1. The zero-order valence-corrected chi connectivity index (χ0v) is 14.5. The van der Waals surface area contributed by atoms with Gasteiger partial charge in [0.1, 0.15) is 0 Å². The van der Waals surface area contributed by atoms with Crippen molar-refractivity contribution < 1.29 is 14.4 Å². The van der Waals surface area contributed by atoms with Crippen LogP contribution in [0, 0.1) is 5.92 Å². The molecule has 0 bridgehead atoms. The maximum atomic E-state index is 11.7. The second kappa shape index (κ2) is 8.59. The van der Waals surface area contributed by atoms with Crippen LogP contribution in [-0.2, 0) is 11.2 Å². The van der Waals surface area contributed by atoms with E-state index < -0.39 is 0 Å². The first-order chi connectivity index (χ1) is 11.5. The van der Waals surface area contributed by atoms with Crippen molar-refractivity contribution in [2.24, 2.45) is 5.92 Å². The molecule has 0 fully saturated rings. The fraction of sp³-hybridized carbons (Fsp3) is 0.500. The average molecular weight is 331 g/mol. The molecule has 0 radical (unpaired) electrons. The molecule has 0 aliphatic rings. The third-order valence-electron chi connectivity index (χ3n) is 3.83. The number of hydrogen-bond acceptors (Lipinski definition) is 5. The van der Waals surface area contributed by atoms with Gasteiger partial charge in [0.05, 0.1) is 0 Å². The minimum absolute atomic E-state index is 0.0535. The number of aliphatic hydroxyl groups is 1. The predicted molar refractivity (Wildman–Crippen MR) is 91.4 cm³/mol. The van der Waals surface area contributed by atoms with Gasteiger partial charge in [0.15, 0.2) is 0 Å². The van der Waals surface area contributed by atoms with Crippen molar-refractivity contribution in [3.05, 3.63) is 35.7 Å². The van der Waals surface area contributed by atoms with Gasteiger partial charge in [-0.1, -0.05) is 50.2 Å². The van der Waals surface area contributed by atoms with E-state index in [1.807, 2.05) is 19.1 Å². The summed E-state index contributed by atoms with van der Waals surface area (Å²) in [4.78, 5) is 16.1. The molecule has 1 amide bonds. The van der Waals surface area contributed by atoms with Gasteiger partial charge in [0.2, 0.25) is 17.6 Å². The Morgan fingerprint density at radius 1 is 1.25 bits per heavy atom. The first-order valence-corrected chi connectivity index (χ1v) is 8.30. The van der Waals surface area contributed by atoms with Crippen LogP contribution in [0.3, 0.4) is 0 Å². The van der Waals surface area contributed by atoms with Crippen LogP contribution in [0.4, 0.5) is 0 Å². The van der Waals surface area contributed by atoms with Crippen LogP contribution < -0.4 is 5.32 Å². The largest absolute Gasteiger partial charge is 0.396 e. The highest BCUT2D eigenvalue weighted by molar-refractivity contribution is 5.76. The second-order valence-corrected chi connectivity index (χ2v) is 6.38. The Balaban J connectivity index is 1.87. The van der Waals surface area contributed by atoms with E-state index in [2.05, 4.69) is 41.4 Å². The first-order valence-electron chi connectivity index (χ1n) is 8.30. The van der Waals surface area contributed by atoms with Crippen LogP contribution in [0.25, 0.3) is 11.4 Å². The van der Waals surface area contributed by atoms with Crippen LogP contribution >= 0.6 is 0 Å². The molecule has 0 saturated carbocycles. The van der Waals surface area contributed by atoms with Crippen molar-refractivity contribution in [1.29, 1.82) is 0 Å². The molecular weight excluding hydrogens is 306 g/mol. The molecule has 1 heterocycles. The number of aromatic nitrogens is 2. The Labute approximate surface area is 142 Å². The Hall–Kier alpha value is -2.21. The van der Waals surface area contributed by atoms with Gasteiger partial charge >= 0.3 is 0 Å². The summed E-state index contributed by atoms with van der Waals surface area (Å²) in [6.07, 6.45) is 0.683. The average Bonchev–Trinajstić information content (AvgIpc) is 3.06. The van der Waals surface area contributed by atoms with Crippen molar-refractivity contribution in [2.75, 3.05) is 13.2 Å². The van der Waals surface area contributed by atoms with Crippen molar-refractivity contribution in [2.45, 2.75) is 39.5 Å². The SMILES string of the molecule is CC(CO)CNC(=O)CCc1nc(-c2ccc(C(C)C)cc2)no1. The molecule has 1 unspecified atom stereocenters. The Kier molecular flexibility index (Phi) is 6.49. The third-order valence-corrected chi connectivity index (χ3v) is 3.83. The number of amides is 1. The molecule has 130 valence electrons. The fourth-order valence-corrected chi connectivity index (χ4v) is 2.15. The second-order valence-electron chi connectivity index (χ2n) is 6.38. The summed E-state index contributed by atoms with van der Waals surface area (Å²) in [6, 6.07) is 8.08. The molecule has 2 N–H and O–H groups in total. The Morgan fingerprint density at radius 3 is 2.58 bits per heavy atom. The van der Waals surface area contributed by atoms with Gasteiger partial charge in [-0.05, 0) is 17.4 Å². The molecule has 24 heavy (non-hydrogen) atoms. The van der Waals surface area contributed by atoms with Crippen molar-refractivity contribution in [1.82, 2.24) is 15.5 Å². The minimum Gasteiger partial charge on any atom is -0.396 e. The minimum atomic E-state index is -0.0867. The van der Waals surface area contributed by atoms with Crippen LogP contribution in [0.5, 0.6) is 0 Å². The van der Waals surface area contributed by atoms with E-state index in [4.69, 9.17) is 9.63 Å². The van der Waals surface area contributed by atoms with Gasteiger partial charge in [0, 0.05) is 31.6 Å². The maximum absolute atomic E-state index is 11.7. The summed E-state index contributed by atoms with van der Waals surface area (Å²) in [5, 5.41) is 15.7. The van der Waals surface area contributed by atoms with E-state index in [1.165, 1.54) is 5.56 Å². The van der Waals surface area contributed by atoms with E-state index in [-0.39, 0.29) is 24.9 Å². The number of hydrogen-bond donors (Lipinski definition) is 2. The summed E-state index contributed by atoms with van der Waals surface area (Å²) in [5.74, 6) is 1.43. The van der Waals surface area contributed by atoms with Crippen molar-refractivity contribution in [3.63, 3.8) is 0 Å². The zero-order chi connectivity index (χ0) is 17.5. The molecule has 1 aromatic carbocycles. The number of nitrogens with one attached hydrogen (secondary N) is 1. The molecule has 2 rings (SSSR count). The lowest BCUT2D eigenvalue weighted by molar-refractivity contribution is -0.121. The molecule has 0 aliphatic carbocycles. The lowest BCUT2D eigenvalue weighted by atomic mass is 10.0. The highest BCUT2D eigenvalue weighted by atomic mass is 16.5. The molecule has 1 aromatic heterocycles. The first kappa shape index (κ1) is 18.1. The van der Waals surface area contributed by atoms with Gasteiger partial charge in [-0.3, -0.25) is 4.79 Å². The van der Waals surface area contributed by atoms with Crippen LogP contribution in [0.15, 0.2) is 28.8 Å². The van der Waals surface area contributed by atoms with E-state index in [1.54, 1.807) is 0 Å². The summed E-state index contributed by atoms with van der Waals surface area (Å²) in [6.45, 7) is 6.69. The van der Waals surface area contributed by atoms with Crippen molar-refractivity contribution >= 4 is 5.91 Å². The monoisotopic (exact) mass is 331 g/mol. The standard InChI is InChI=1S/C18H25N3O3/c1-12(2)14-4-6-15(7-5-14)18-20-17(24-21-18)9-8-16(23)19-10-13(3)11-22/h4-7,12-13,22H,8-11H2,1-3H3,(H,19,23). The normalized spacial score (nSPS) is 12.4. The number of aryl methyl sites for hydroxylation is 1. The highest BCUT2D eigenvalue weighted by Crippen LogP contribution is 2.20. The fourth-order valence-electron chi connectivity index (χ4n) is 2.15. The summed E-state index contributed by atoms with van der Waals surface area (Å²) < 4.78 is 5.21. The van der Waals surface area contributed by atoms with E-state index >= 15 is 0 Å². The number of rotatable bonds is 8. The van der Waals surface area contributed by atoms with E-state index in [0.29, 0.717) is 30.6 Å².